The summed E-state index contributed by atoms with van der Waals surface area (Å²) in [5.74, 6) is -3.14. The maximum atomic E-state index is 13.0. The second kappa shape index (κ2) is 8.10. The Morgan fingerprint density at radius 2 is 1.89 bits per heavy atom. The summed E-state index contributed by atoms with van der Waals surface area (Å²) in [5, 5.41) is 21.5. The monoisotopic (exact) mass is 389 g/mol. The molecule has 2 atom stereocenters. The third-order valence-electron chi connectivity index (χ3n) is 3.65. The van der Waals surface area contributed by atoms with E-state index in [0.29, 0.717) is 5.56 Å². The summed E-state index contributed by atoms with van der Waals surface area (Å²) in [6.07, 6.45) is -6.60. The SMILES string of the molecule is Cc1nnnn1C(Cc1ccc(F)cc1)C(=O)NC(CC(F)(F)F)C(=O)O. The number of nitrogens with one attached hydrogen (secondary N) is 1. The van der Waals surface area contributed by atoms with Crippen molar-refractivity contribution in [3.63, 3.8) is 0 Å². The molecule has 2 aromatic rings. The van der Waals surface area contributed by atoms with Crippen molar-refractivity contribution in [2.45, 2.75) is 38.0 Å². The van der Waals surface area contributed by atoms with Gasteiger partial charge in [-0.2, -0.15) is 13.2 Å². The Bertz CT molecular complexity index is 807. The molecule has 8 nitrogen and oxygen atoms in total. The molecule has 1 aromatic carbocycles. The van der Waals surface area contributed by atoms with Crippen LogP contribution in [0.4, 0.5) is 17.6 Å². The van der Waals surface area contributed by atoms with Crippen LogP contribution < -0.4 is 5.32 Å². The zero-order valence-electron chi connectivity index (χ0n) is 13.9. The van der Waals surface area contributed by atoms with Crippen LogP contribution in [0.5, 0.6) is 0 Å². The van der Waals surface area contributed by atoms with Gasteiger partial charge in [0.2, 0.25) is 5.91 Å². The number of hydrogen-bond donors (Lipinski definition) is 2. The zero-order valence-corrected chi connectivity index (χ0v) is 13.9. The second-order valence-corrected chi connectivity index (χ2v) is 5.74. The van der Waals surface area contributed by atoms with Crippen LogP contribution in [0.25, 0.3) is 0 Å². The summed E-state index contributed by atoms with van der Waals surface area (Å²) in [4.78, 5) is 23.6. The van der Waals surface area contributed by atoms with E-state index >= 15 is 0 Å². The zero-order chi connectivity index (χ0) is 20.2. The molecular formula is C15H15F4N5O3. The number of halogens is 4. The average molecular weight is 389 g/mol. The van der Waals surface area contributed by atoms with Crippen LogP contribution in [-0.4, -0.2) is 49.4 Å². The van der Waals surface area contributed by atoms with E-state index < -0.39 is 42.4 Å². The number of carboxylic acid groups (broad SMARTS) is 1. The first-order valence-corrected chi connectivity index (χ1v) is 7.65. The maximum Gasteiger partial charge on any atom is 0.391 e. The van der Waals surface area contributed by atoms with Gasteiger partial charge in [-0.15, -0.1) is 5.10 Å². The van der Waals surface area contributed by atoms with E-state index in [1.807, 2.05) is 5.32 Å². The van der Waals surface area contributed by atoms with Gasteiger partial charge >= 0.3 is 12.1 Å². The molecule has 1 heterocycles. The molecule has 0 aliphatic carbocycles. The number of carbonyl (C=O) groups excluding carboxylic acids is 1. The summed E-state index contributed by atoms with van der Waals surface area (Å²) in [6.45, 7) is 1.47. The standard InChI is InChI=1S/C15H15F4N5O3/c1-8-21-22-23-24(8)12(6-9-2-4-10(16)5-3-9)13(25)20-11(14(26)27)7-15(17,18)19/h2-5,11-12H,6-7H2,1H3,(H,20,25)(H,26,27). The number of hydrogen-bond acceptors (Lipinski definition) is 5. The molecule has 1 amide bonds. The van der Waals surface area contributed by atoms with Crippen molar-refractivity contribution >= 4 is 11.9 Å². The van der Waals surface area contributed by atoms with E-state index in [2.05, 4.69) is 15.5 Å². The number of benzene rings is 1. The molecule has 2 N–H and O–H groups in total. The Balaban J connectivity index is 2.26. The van der Waals surface area contributed by atoms with Crippen molar-refractivity contribution in [2.24, 2.45) is 0 Å². The van der Waals surface area contributed by atoms with Gasteiger partial charge in [-0.05, 0) is 35.0 Å². The topological polar surface area (TPSA) is 110 Å². The van der Waals surface area contributed by atoms with Gasteiger partial charge in [0.15, 0.2) is 0 Å². The van der Waals surface area contributed by atoms with Crippen molar-refractivity contribution in [3.8, 4) is 0 Å². The predicted molar refractivity (Wildman–Crippen MR) is 81.9 cm³/mol. The third-order valence-corrected chi connectivity index (χ3v) is 3.65. The van der Waals surface area contributed by atoms with E-state index in [9.17, 15) is 27.2 Å². The number of aryl methyl sites for hydroxylation is 1. The highest BCUT2D eigenvalue weighted by atomic mass is 19.4. The number of nitrogens with zero attached hydrogens (tertiary/aromatic N) is 4. The van der Waals surface area contributed by atoms with E-state index in [1.165, 1.54) is 19.1 Å². The normalized spacial score (nSPS) is 13.8. The molecule has 146 valence electrons. The summed E-state index contributed by atoms with van der Waals surface area (Å²) in [5.41, 5.74) is 0.481. The fourth-order valence-corrected chi connectivity index (χ4v) is 2.36. The molecule has 1 aromatic heterocycles. The fraction of sp³-hybridized carbons (Fsp3) is 0.400. The van der Waals surface area contributed by atoms with Crippen molar-refractivity contribution < 1.29 is 32.3 Å². The van der Waals surface area contributed by atoms with Crippen molar-refractivity contribution in [1.29, 1.82) is 0 Å². The van der Waals surface area contributed by atoms with Gasteiger partial charge in [-0.3, -0.25) is 4.79 Å². The van der Waals surface area contributed by atoms with Gasteiger partial charge in [0, 0.05) is 6.42 Å². The number of carbonyl (C=O) groups is 2. The molecule has 12 heteroatoms. The first-order chi connectivity index (χ1) is 12.6. The predicted octanol–water partition coefficient (Wildman–Crippen LogP) is 1.43. The molecule has 0 radical (unpaired) electrons. The van der Waals surface area contributed by atoms with Crippen LogP contribution in [0.2, 0.25) is 0 Å². The second-order valence-electron chi connectivity index (χ2n) is 5.74. The molecular weight excluding hydrogens is 374 g/mol. The molecule has 0 aliphatic heterocycles. The minimum atomic E-state index is -4.78. The third kappa shape index (κ3) is 5.72. The molecule has 2 rings (SSSR count). The molecule has 2 unspecified atom stereocenters. The Morgan fingerprint density at radius 1 is 1.26 bits per heavy atom. The molecule has 27 heavy (non-hydrogen) atoms. The molecule has 0 fully saturated rings. The van der Waals surface area contributed by atoms with Crippen LogP contribution in [-0.2, 0) is 16.0 Å². The number of rotatable bonds is 7. The van der Waals surface area contributed by atoms with E-state index in [1.54, 1.807) is 0 Å². The van der Waals surface area contributed by atoms with Crippen molar-refractivity contribution in [2.75, 3.05) is 0 Å². The fourth-order valence-electron chi connectivity index (χ4n) is 2.36. The smallest absolute Gasteiger partial charge is 0.391 e. The number of alkyl halides is 3. The largest absolute Gasteiger partial charge is 0.480 e. The number of amides is 1. The van der Waals surface area contributed by atoms with Gasteiger partial charge in [0.1, 0.15) is 23.7 Å². The Kier molecular flexibility index (Phi) is 6.08. The van der Waals surface area contributed by atoms with Gasteiger partial charge in [-0.25, -0.2) is 13.9 Å². The van der Waals surface area contributed by atoms with Gasteiger partial charge in [0.25, 0.3) is 0 Å². The highest BCUT2D eigenvalue weighted by Crippen LogP contribution is 2.23. The first-order valence-electron chi connectivity index (χ1n) is 7.65. The highest BCUT2D eigenvalue weighted by Gasteiger charge is 2.37. The first kappa shape index (κ1) is 20.3. The van der Waals surface area contributed by atoms with Crippen molar-refractivity contribution in [3.05, 3.63) is 41.5 Å². The number of aromatic nitrogens is 4. The maximum absolute atomic E-state index is 13.0. The van der Waals surface area contributed by atoms with Gasteiger partial charge in [-0.1, -0.05) is 12.1 Å². The quantitative estimate of drug-likeness (QED) is 0.694. The summed E-state index contributed by atoms with van der Waals surface area (Å²) in [7, 11) is 0. The molecule has 0 saturated carbocycles. The Labute approximate surface area is 150 Å². The van der Waals surface area contributed by atoms with Gasteiger partial charge in [0.05, 0.1) is 6.42 Å². The summed E-state index contributed by atoms with van der Waals surface area (Å²) < 4.78 is 51.8. The average Bonchev–Trinajstić information content (AvgIpc) is 2.98. The molecule has 0 spiro atoms. The van der Waals surface area contributed by atoms with E-state index in [0.717, 1.165) is 16.8 Å². The Morgan fingerprint density at radius 3 is 2.37 bits per heavy atom. The van der Waals surface area contributed by atoms with Crippen LogP contribution in [0.15, 0.2) is 24.3 Å². The minimum absolute atomic E-state index is 0.0870. The lowest BCUT2D eigenvalue weighted by atomic mass is 10.0. The number of aliphatic carboxylic acids is 1. The minimum Gasteiger partial charge on any atom is -0.480 e. The van der Waals surface area contributed by atoms with Crippen LogP contribution in [0, 0.1) is 12.7 Å². The number of tetrazole rings is 1. The summed E-state index contributed by atoms with van der Waals surface area (Å²) in [6, 6.07) is 1.70. The lowest BCUT2D eigenvalue weighted by Crippen LogP contribution is -2.47. The summed E-state index contributed by atoms with van der Waals surface area (Å²) >= 11 is 0. The lowest BCUT2D eigenvalue weighted by molar-refractivity contribution is -0.160. The van der Waals surface area contributed by atoms with Crippen LogP contribution >= 0.6 is 0 Å². The van der Waals surface area contributed by atoms with Crippen LogP contribution in [0.1, 0.15) is 23.9 Å². The van der Waals surface area contributed by atoms with Crippen LogP contribution in [0.3, 0.4) is 0 Å². The molecule has 0 saturated heterocycles. The van der Waals surface area contributed by atoms with Gasteiger partial charge < -0.3 is 10.4 Å². The highest BCUT2D eigenvalue weighted by molar-refractivity contribution is 5.86. The number of carboxylic acids is 1. The molecule has 0 aliphatic rings. The molecule has 0 bridgehead atoms. The van der Waals surface area contributed by atoms with E-state index in [4.69, 9.17) is 5.11 Å². The lowest BCUT2D eigenvalue weighted by Gasteiger charge is -2.21. The Hall–Kier alpha value is -3.05. The van der Waals surface area contributed by atoms with E-state index in [-0.39, 0.29) is 12.2 Å². The van der Waals surface area contributed by atoms with Crippen molar-refractivity contribution in [1.82, 2.24) is 25.5 Å².